The predicted molar refractivity (Wildman–Crippen MR) is 123 cm³/mol. The zero-order valence-corrected chi connectivity index (χ0v) is 18.6. The average molecular weight is 466 g/mol. The SMILES string of the molecule is COc1cc(CNCc2nc3ccccc3[nH]2)c(Br)cc1OCc1cccc(C)c1. The third-order valence-electron chi connectivity index (χ3n) is 4.86. The second kappa shape index (κ2) is 9.32. The molecule has 0 atom stereocenters. The highest BCUT2D eigenvalue weighted by Crippen LogP contribution is 2.34. The van der Waals surface area contributed by atoms with Crippen molar-refractivity contribution in [3.05, 3.63) is 87.7 Å². The molecule has 4 rings (SSSR count). The maximum Gasteiger partial charge on any atom is 0.162 e. The highest BCUT2D eigenvalue weighted by Gasteiger charge is 2.11. The van der Waals surface area contributed by atoms with Crippen molar-refractivity contribution in [1.82, 2.24) is 15.3 Å². The summed E-state index contributed by atoms with van der Waals surface area (Å²) in [5.74, 6) is 2.34. The molecule has 0 saturated carbocycles. The van der Waals surface area contributed by atoms with Crippen LogP contribution >= 0.6 is 15.9 Å². The van der Waals surface area contributed by atoms with E-state index in [1.807, 2.05) is 42.5 Å². The van der Waals surface area contributed by atoms with Gasteiger partial charge in [-0.25, -0.2) is 4.98 Å². The Morgan fingerprint density at radius 3 is 2.67 bits per heavy atom. The molecule has 6 heteroatoms. The Morgan fingerprint density at radius 1 is 1.00 bits per heavy atom. The van der Waals surface area contributed by atoms with E-state index in [-0.39, 0.29) is 0 Å². The Bertz CT molecular complexity index is 1120. The summed E-state index contributed by atoms with van der Waals surface area (Å²) in [6.07, 6.45) is 0. The number of nitrogens with one attached hydrogen (secondary N) is 2. The minimum Gasteiger partial charge on any atom is -0.493 e. The van der Waals surface area contributed by atoms with E-state index in [1.54, 1.807) is 7.11 Å². The van der Waals surface area contributed by atoms with Crippen molar-refractivity contribution < 1.29 is 9.47 Å². The molecular formula is C24H24BrN3O2. The van der Waals surface area contributed by atoms with E-state index in [9.17, 15) is 0 Å². The van der Waals surface area contributed by atoms with Crippen LogP contribution in [0, 0.1) is 6.92 Å². The third kappa shape index (κ3) is 4.83. The van der Waals surface area contributed by atoms with Gasteiger partial charge in [0.05, 0.1) is 24.7 Å². The van der Waals surface area contributed by atoms with Gasteiger partial charge in [-0.15, -0.1) is 0 Å². The molecule has 1 heterocycles. The van der Waals surface area contributed by atoms with Crippen LogP contribution in [0.3, 0.4) is 0 Å². The van der Waals surface area contributed by atoms with Crippen LogP contribution in [0.15, 0.2) is 65.1 Å². The van der Waals surface area contributed by atoms with Gasteiger partial charge in [0, 0.05) is 11.0 Å². The van der Waals surface area contributed by atoms with Crippen LogP contribution in [-0.4, -0.2) is 17.1 Å². The molecule has 0 aliphatic heterocycles. The minimum absolute atomic E-state index is 0.494. The molecule has 154 valence electrons. The molecule has 0 spiro atoms. The molecule has 4 aromatic rings. The van der Waals surface area contributed by atoms with Gasteiger partial charge in [-0.3, -0.25) is 0 Å². The van der Waals surface area contributed by atoms with E-state index >= 15 is 0 Å². The van der Waals surface area contributed by atoms with Gasteiger partial charge >= 0.3 is 0 Å². The molecule has 5 nitrogen and oxygen atoms in total. The number of hydrogen-bond donors (Lipinski definition) is 2. The summed E-state index contributed by atoms with van der Waals surface area (Å²) in [4.78, 5) is 7.93. The maximum absolute atomic E-state index is 6.02. The topological polar surface area (TPSA) is 59.2 Å². The molecule has 3 aromatic carbocycles. The molecule has 0 saturated heterocycles. The highest BCUT2D eigenvalue weighted by molar-refractivity contribution is 9.10. The number of aryl methyl sites for hydroxylation is 1. The van der Waals surface area contributed by atoms with Gasteiger partial charge < -0.3 is 19.8 Å². The normalized spacial score (nSPS) is 11.0. The predicted octanol–water partition coefficient (Wildman–Crippen LogP) is 5.51. The Balaban J connectivity index is 1.40. The first-order valence-electron chi connectivity index (χ1n) is 9.81. The molecule has 2 N–H and O–H groups in total. The van der Waals surface area contributed by atoms with Crippen LogP contribution in [0.4, 0.5) is 0 Å². The standard InChI is InChI=1S/C24H24BrN3O2/c1-16-6-5-7-17(10-16)15-30-23-12-19(25)18(11-22(23)29-2)13-26-14-24-27-20-8-3-4-9-21(20)28-24/h3-12,26H,13-15H2,1-2H3,(H,27,28). The molecule has 0 aliphatic rings. The van der Waals surface area contributed by atoms with Gasteiger partial charge in [0.1, 0.15) is 12.4 Å². The Morgan fingerprint density at radius 2 is 1.87 bits per heavy atom. The van der Waals surface area contributed by atoms with Gasteiger partial charge in [0.2, 0.25) is 0 Å². The van der Waals surface area contributed by atoms with Gasteiger partial charge in [0.25, 0.3) is 0 Å². The fourth-order valence-corrected chi connectivity index (χ4v) is 3.82. The van der Waals surface area contributed by atoms with Crippen LogP contribution in [-0.2, 0) is 19.7 Å². The zero-order valence-electron chi connectivity index (χ0n) is 17.0. The first kappa shape index (κ1) is 20.4. The van der Waals surface area contributed by atoms with Gasteiger partial charge in [0.15, 0.2) is 11.5 Å². The number of halogens is 1. The number of fused-ring (bicyclic) bond motifs is 1. The lowest BCUT2D eigenvalue weighted by atomic mass is 10.1. The summed E-state index contributed by atoms with van der Waals surface area (Å²) >= 11 is 3.66. The maximum atomic E-state index is 6.02. The second-order valence-corrected chi connectivity index (χ2v) is 8.03. The zero-order chi connectivity index (χ0) is 20.9. The molecular weight excluding hydrogens is 442 g/mol. The lowest BCUT2D eigenvalue weighted by Gasteiger charge is -2.14. The van der Waals surface area contributed by atoms with Crippen LogP contribution in [0.2, 0.25) is 0 Å². The number of hydrogen-bond acceptors (Lipinski definition) is 4. The number of H-pyrrole nitrogens is 1. The summed E-state index contributed by atoms with van der Waals surface area (Å²) < 4.78 is 12.6. The van der Waals surface area contributed by atoms with Crippen molar-refractivity contribution in [1.29, 1.82) is 0 Å². The number of nitrogens with zero attached hydrogens (tertiary/aromatic N) is 1. The van der Waals surface area contributed by atoms with Crippen molar-refractivity contribution >= 4 is 27.0 Å². The quantitative estimate of drug-likeness (QED) is 0.360. The lowest BCUT2D eigenvalue weighted by molar-refractivity contribution is 0.284. The molecule has 0 unspecified atom stereocenters. The largest absolute Gasteiger partial charge is 0.493 e. The van der Waals surface area contributed by atoms with Crippen molar-refractivity contribution in [3.63, 3.8) is 0 Å². The molecule has 0 amide bonds. The first-order valence-corrected chi connectivity index (χ1v) is 10.6. The van der Waals surface area contributed by atoms with Gasteiger partial charge in [-0.1, -0.05) is 57.9 Å². The van der Waals surface area contributed by atoms with Crippen LogP contribution < -0.4 is 14.8 Å². The molecule has 0 aliphatic carbocycles. The first-order chi connectivity index (χ1) is 14.6. The Labute approximate surface area is 184 Å². The van der Waals surface area contributed by atoms with Crippen LogP contribution in [0.1, 0.15) is 22.5 Å². The van der Waals surface area contributed by atoms with Crippen LogP contribution in [0.25, 0.3) is 11.0 Å². The smallest absolute Gasteiger partial charge is 0.162 e. The summed E-state index contributed by atoms with van der Waals surface area (Å²) in [5.41, 5.74) is 5.46. The highest BCUT2D eigenvalue weighted by atomic mass is 79.9. The third-order valence-corrected chi connectivity index (χ3v) is 5.59. The van der Waals surface area contributed by atoms with Crippen molar-refractivity contribution in [2.45, 2.75) is 26.6 Å². The number of benzene rings is 3. The number of methoxy groups -OCH3 is 1. The van der Waals surface area contributed by atoms with E-state index in [0.29, 0.717) is 31.2 Å². The van der Waals surface area contributed by atoms with Crippen molar-refractivity contribution in [2.75, 3.05) is 7.11 Å². The summed E-state index contributed by atoms with van der Waals surface area (Å²) in [7, 11) is 1.66. The fraction of sp³-hybridized carbons (Fsp3) is 0.208. The fourth-order valence-electron chi connectivity index (χ4n) is 3.35. The molecule has 1 aromatic heterocycles. The second-order valence-electron chi connectivity index (χ2n) is 7.18. The summed E-state index contributed by atoms with van der Waals surface area (Å²) in [6.45, 7) is 3.89. The molecule has 0 fully saturated rings. The minimum atomic E-state index is 0.494. The van der Waals surface area contributed by atoms with Gasteiger partial charge in [-0.2, -0.15) is 0 Å². The number of ether oxygens (including phenoxy) is 2. The van der Waals surface area contributed by atoms with E-state index in [0.717, 1.165) is 32.5 Å². The molecule has 0 bridgehead atoms. The Hall–Kier alpha value is -2.83. The van der Waals surface area contributed by atoms with E-state index in [4.69, 9.17) is 9.47 Å². The number of rotatable bonds is 8. The summed E-state index contributed by atoms with van der Waals surface area (Å²) in [6, 6.07) is 20.3. The van der Waals surface area contributed by atoms with Crippen LogP contribution in [0.5, 0.6) is 11.5 Å². The van der Waals surface area contributed by atoms with Gasteiger partial charge in [-0.05, 0) is 42.3 Å². The number of para-hydroxylation sites is 2. The number of aromatic nitrogens is 2. The average Bonchev–Trinajstić information content (AvgIpc) is 3.16. The number of imidazole rings is 1. The molecule has 0 radical (unpaired) electrons. The Kier molecular flexibility index (Phi) is 6.35. The van der Waals surface area contributed by atoms with E-state index in [2.05, 4.69) is 56.3 Å². The lowest BCUT2D eigenvalue weighted by Crippen LogP contribution is -2.14. The van der Waals surface area contributed by atoms with Crippen molar-refractivity contribution in [3.8, 4) is 11.5 Å². The summed E-state index contributed by atoms with van der Waals surface area (Å²) in [5, 5.41) is 3.43. The monoisotopic (exact) mass is 465 g/mol. The van der Waals surface area contributed by atoms with E-state index < -0.39 is 0 Å². The van der Waals surface area contributed by atoms with E-state index in [1.165, 1.54) is 5.56 Å². The molecule has 30 heavy (non-hydrogen) atoms. The number of aromatic amines is 1. The van der Waals surface area contributed by atoms with Crippen molar-refractivity contribution in [2.24, 2.45) is 0 Å².